The monoisotopic (exact) mass is 619 g/mol. The van der Waals surface area contributed by atoms with E-state index in [1.165, 1.54) is 0 Å². The van der Waals surface area contributed by atoms with Gasteiger partial charge in [-0.2, -0.15) is 0 Å². The molecule has 2 N–H and O–H groups in total. The highest BCUT2D eigenvalue weighted by atomic mass is 35.5. The van der Waals surface area contributed by atoms with Crippen molar-refractivity contribution in [1.82, 2.24) is 15.2 Å². The van der Waals surface area contributed by atoms with E-state index in [1.807, 2.05) is 69.0 Å². The number of nitrogens with zero attached hydrogens (tertiary/aromatic N) is 2. The fourth-order valence-corrected chi connectivity index (χ4v) is 7.15. The summed E-state index contributed by atoms with van der Waals surface area (Å²) in [6, 6.07) is 11.9. The lowest BCUT2D eigenvalue weighted by molar-refractivity contribution is -0.121. The van der Waals surface area contributed by atoms with Gasteiger partial charge in [-0.25, -0.2) is 9.78 Å². The number of hydrogen-bond acceptors (Lipinski definition) is 6. The van der Waals surface area contributed by atoms with Gasteiger partial charge in [-0.1, -0.05) is 41.9 Å². The standard InChI is InChI=1S/C34H38ClN3O6/c1-19-16-20(2)36-31(42-18-22-8-6-5-7-9-22)26(19)17-38-15-14-25-27(32(38)39)21(3)29-30(28(25)35)44-34(4,43-29)23-10-12-24(13-11-23)37-33(40)41/h5-9,16,23-24,37H,10-15,17-18H2,1-4H3,(H,40,41)/t23-,24-,34?. The maximum atomic E-state index is 14.1. The quantitative estimate of drug-likeness (QED) is 0.301. The van der Waals surface area contributed by atoms with Gasteiger partial charge in [0.05, 0.1) is 17.1 Å². The third kappa shape index (κ3) is 5.65. The molecule has 3 heterocycles. The number of fused-ring (bicyclic) bond motifs is 2. The van der Waals surface area contributed by atoms with E-state index in [4.69, 9.17) is 35.9 Å². The molecule has 3 aliphatic rings. The molecule has 2 aliphatic heterocycles. The summed E-state index contributed by atoms with van der Waals surface area (Å²) < 4.78 is 19.2. The molecule has 3 aromatic rings. The molecule has 1 aromatic heterocycles. The van der Waals surface area contributed by atoms with Crippen molar-refractivity contribution >= 4 is 23.6 Å². The summed E-state index contributed by atoms with van der Waals surface area (Å²) in [5.74, 6) is 0.528. The molecule has 1 aliphatic carbocycles. The molecule has 232 valence electrons. The maximum absolute atomic E-state index is 14.1. The van der Waals surface area contributed by atoms with E-state index in [0.29, 0.717) is 66.9 Å². The van der Waals surface area contributed by atoms with Crippen LogP contribution < -0.4 is 19.5 Å². The van der Waals surface area contributed by atoms with Gasteiger partial charge in [0.2, 0.25) is 5.88 Å². The second kappa shape index (κ2) is 11.8. The Morgan fingerprint density at radius 3 is 2.55 bits per heavy atom. The highest BCUT2D eigenvalue weighted by molar-refractivity contribution is 6.34. The topological polar surface area (TPSA) is 110 Å². The number of ether oxygens (including phenoxy) is 3. The molecule has 0 radical (unpaired) electrons. The Bertz CT molecular complexity index is 1600. The van der Waals surface area contributed by atoms with Crippen LogP contribution in [0, 0.1) is 26.7 Å². The summed E-state index contributed by atoms with van der Waals surface area (Å²) in [6.07, 6.45) is 2.48. The first kappa shape index (κ1) is 30.1. The van der Waals surface area contributed by atoms with Crippen molar-refractivity contribution < 1.29 is 28.9 Å². The van der Waals surface area contributed by atoms with Gasteiger partial charge < -0.3 is 29.5 Å². The van der Waals surface area contributed by atoms with Crippen LogP contribution >= 0.6 is 11.6 Å². The van der Waals surface area contributed by atoms with Crippen LogP contribution in [-0.2, 0) is 19.6 Å². The van der Waals surface area contributed by atoms with E-state index in [-0.39, 0.29) is 17.9 Å². The smallest absolute Gasteiger partial charge is 0.404 e. The fraction of sp³-hybridized carbons (Fsp3) is 0.441. The number of carbonyl (C=O) groups excluding carboxylic acids is 1. The van der Waals surface area contributed by atoms with E-state index in [0.717, 1.165) is 46.4 Å². The molecule has 2 aromatic carbocycles. The number of carboxylic acid groups (broad SMARTS) is 1. The Kier molecular flexibility index (Phi) is 8.09. The molecular formula is C34H38ClN3O6. The predicted molar refractivity (Wildman–Crippen MR) is 166 cm³/mol. The van der Waals surface area contributed by atoms with Crippen LogP contribution in [-0.4, -0.2) is 45.4 Å². The predicted octanol–water partition coefficient (Wildman–Crippen LogP) is 6.75. The highest BCUT2D eigenvalue weighted by Gasteiger charge is 2.48. The van der Waals surface area contributed by atoms with E-state index in [9.17, 15) is 9.59 Å². The lowest BCUT2D eigenvalue weighted by atomic mass is 9.81. The van der Waals surface area contributed by atoms with Crippen LogP contribution in [0.4, 0.5) is 4.79 Å². The third-order valence-electron chi connectivity index (χ3n) is 9.23. The van der Waals surface area contributed by atoms with Crippen LogP contribution in [0.5, 0.6) is 17.4 Å². The molecule has 1 unspecified atom stereocenters. The molecule has 6 rings (SSSR count). The van der Waals surface area contributed by atoms with Crippen molar-refractivity contribution in [1.29, 1.82) is 0 Å². The van der Waals surface area contributed by atoms with Crippen LogP contribution in [0.15, 0.2) is 36.4 Å². The molecule has 0 spiro atoms. The van der Waals surface area contributed by atoms with Gasteiger partial charge in [0, 0.05) is 42.2 Å². The molecule has 9 nitrogen and oxygen atoms in total. The Morgan fingerprint density at radius 1 is 1.14 bits per heavy atom. The summed E-state index contributed by atoms with van der Waals surface area (Å²) in [7, 11) is 0. The number of nitrogens with one attached hydrogen (secondary N) is 1. The van der Waals surface area contributed by atoms with Crippen LogP contribution in [0.25, 0.3) is 0 Å². The molecule has 10 heteroatoms. The van der Waals surface area contributed by atoms with E-state index in [2.05, 4.69) is 5.32 Å². The fourth-order valence-electron chi connectivity index (χ4n) is 6.84. The van der Waals surface area contributed by atoms with Gasteiger partial charge in [-0.05, 0) is 75.6 Å². The summed E-state index contributed by atoms with van der Waals surface area (Å²) in [5.41, 5.74) is 5.86. The average Bonchev–Trinajstić information content (AvgIpc) is 3.37. The zero-order valence-corrected chi connectivity index (χ0v) is 26.3. The normalized spacial score (nSPS) is 22.5. The van der Waals surface area contributed by atoms with Gasteiger partial charge in [0.15, 0.2) is 11.5 Å². The van der Waals surface area contributed by atoms with Crippen LogP contribution in [0.2, 0.25) is 5.02 Å². The van der Waals surface area contributed by atoms with Gasteiger partial charge in [-0.3, -0.25) is 4.79 Å². The Hall–Kier alpha value is -3.98. The molecule has 1 atom stereocenters. The number of aryl methyl sites for hydroxylation is 2. The first-order valence-corrected chi connectivity index (χ1v) is 15.6. The minimum Gasteiger partial charge on any atom is -0.473 e. The van der Waals surface area contributed by atoms with Crippen molar-refractivity contribution in [3.05, 3.63) is 80.5 Å². The van der Waals surface area contributed by atoms with Crippen LogP contribution in [0.3, 0.4) is 0 Å². The highest BCUT2D eigenvalue weighted by Crippen LogP contribution is 2.54. The number of benzene rings is 2. The average molecular weight is 620 g/mol. The van der Waals surface area contributed by atoms with Gasteiger partial charge >= 0.3 is 6.09 Å². The summed E-state index contributed by atoms with van der Waals surface area (Å²) in [5, 5.41) is 12.1. The van der Waals surface area contributed by atoms with Crippen molar-refractivity contribution in [3.8, 4) is 17.4 Å². The minimum atomic E-state index is -1.00. The van der Waals surface area contributed by atoms with Gasteiger partial charge in [0.25, 0.3) is 11.7 Å². The molecule has 44 heavy (non-hydrogen) atoms. The second-order valence-electron chi connectivity index (χ2n) is 12.3. The molecule has 2 amide bonds. The van der Waals surface area contributed by atoms with Crippen molar-refractivity contribution in [2.24, 2.45) is 5.92 Å². The largest absolute Gasteiger partial charge is 0.473 e. The molecule has 0 saturated heterocycles. The Labute approximate surface area is 262 Å². The zero-order chi connectivity index (χ0) is 31.2. The van der Waals surface area contributed by atoms with Crippen molar-refractivity contribution in [2.75, 3.05) is 6.54 Å². The second-order valence-corrected chi connectivity index (χ2v) is 12.7. The van der Waals surface area contributed by atoms with Crippen LogP contribution in [0.1, 0.15) is 76.5 Å². The maximum Gasteiger partial charge on any atom is 0.404 e. The number of carbonyl (C=O) groups is 2. The van der Waals surface area contributed by atoms with E-state index >= 15 is 0 Å². The summed E-state index contributed by atoms with van der Waals surface area (Å²) >= 11 is 6.95. The third-order valence-corrected chi connectivity index (χ3v) is 9.63. The molecular weight excluding hydrogens is 582 g/mol. The molecule has 0 bridgehead atoms. The van der Waals surface area contributed by atoms with E-state index in [1.54, 1.807) is 0 Å². The summed E-state index contributed by atoms with van der Waals surface area (Å²) in [6.45, 7) is 9.01. The number of rotatable bonds is 7. The first-order chi connectivity index (χ1) is 21.0. The Balaban J connectivity index is 1.23. The number of aromatic nitrogens is 1. The molecule has 1 fully saturated rings. The number of hydrogen-bond donors (Lipinski definition) is 2. The Morgan fingerprint density at radius 2 is 1.84 bits per heavy atom. The SMILES string of the molecule is Cc1cc(C)c(CN2CCc3c(Cl)c4c(c(C)c3C2=O)OC(C)([C@H]2CC[C@H](NC(=O)O)CC2)O4)c(OCc2ccccc2)n1. The zero-order valence-electron chi connectivity index (χ0n) is 25.5. The van der Waals surface area contributed by atoms with Crippen molar-refractivity contribution in [2.45, 2.75) is 84.8 Å². The number of pyridine rings is 1. The lowest BCUT2D eigenvalue weighted by Gasteiger charge is -2.37. The lowest BCUT2D eigenvalue weighted by Crippen LogP contribution is -2.47. The first-order valence-electron chi connectivity index (χ1n) is 15.2. The number of amides is 2. The van der Waals surface area contributed by atoms with Gasteiger partial charge in [-0.15, -0.1) is 0 Å². The number of halogens is 1. The van der Waals surface area contributed by atoms with E-state index < -0.39 is 11.9 Å². The summed E-state index contributed by atoms with van der Waals surface area (Å²) in [4.78, 5) is 31.7. The molecule has 1 saturated carbocycles. The van der Waals surface area contributed by atoms with Crippen molar-refractivity contribution in [3.63, 3.8) is 0 Å². The van der Waals surface area contributed by atoms with Gasteiger partial charge in [0.1, 0.15) is 6.61 Å². The minimum absolute atomic E-state index is 0.0489.